The van der Waals surface area contributed by atoms with Crippen LogP contribution in [0.15, 0.2) is 53.7 Å². The molecule has 8 heteroatoms. The molecule has 2 aromatic rings. The minimum atomic E-state index is -1.26. The Balaban J connectivity index is 1.96. The molecule has 2 unspecified atom stereocenters. The Kier molecular flexibility index (Phi) is 6.93. The van der Waals surface area contributed by atoms with E-state index in [0.29, 0.717) is 0 Å². The lowest BCUT2D eigenvalue weighted by Gasteiger charge is -2.19. The fourth-order valence-corrected chi connectivity index (χ4v) is 2.83. The highest BCUT2D eigenvalue weighted by atomic mass is 32.2. The van der Waals surface area contributed by atoms with Crippen LogP contribution in [0.25, 0.3) is 0 Å². The van der Waals surface area contributed by atoms with E-state index in [4.69, 9.17) is 5.21 Å². The first-order valence-corrected chi connectivity index (χ1v) is 8.55. The molecule has 0 radical (unpaired) electrons. The van der Waals surface area contributed by atoms with E-state index in [1.807, 2.05) is 30.3 Å². The van der Waals surface area contributed by atoms with Gasteiger partial charge in [-0.05, 0) is 24.6 Å². The van der Waals surface area contributed by atoms with Crippen molar-refractivity contribution < 1.29 is 19.9 Å². The maximum atomic E-state index is 12.1. The molecule has 2 atom stereocenters. The van der Waals surface area contributed by atoms with Gasteiger partial charge in [0.2, 0.25) is 0 Å². The van der Waals surface area contributed by atoms with Crippen LogP contribution < -0.4 is 10.8 Å². The van der Waals surface area contributed by atoms with E-state index in [-0.39, 0.29) is 5.56 Å². The molecule has 132 valence electrons. The first-order chi connectivity index (χ1) is 12.0. The topological polar surface area (TPSA) is 112 Å². The van der Waals surface area contributed by atoms with Crippen molar-refractivity contribution in [3.05, 3.63) is 59.8 Å². The molecule has 1 aromatic heterocycles. The van der Waals surface area contributed by atoms with Gasteiger partial charge in [0.15, 0.2) is 0 Å². The number of nitrogens with one attached hydrogen (secondary N) is 2. The Morgan fingerprint density at radius 3 is 2.48 bits per heavy atom. The van der Waals surface area contributed by atoms with Crippen LogP contribution in [-0.2, 0) is 10.5 Å². The van der Waals surface area contributed by atoms with Gasteiger partial charge in [0.25, 0.3) is 11.8 Å². The molecule has 2 amide bonds. The predicted molar refractivity (Wildman–Crippen MR) is 93.1 cm³/mol. The van der Waals surface area contributed by atoms with Crippen molar-refractivity contribution in [1.82, 2.24) is 15.8 Å². The SMILES string of the molecule is CC(O)C(NC(=O)c1ccc(SCc2ccccc2)nc1)C(=O)NO. The average molecular weight is 361 g/mol. The van der Waals surface area contributed by atoms with Gasteiger partial charge in [0.1, 0.15) is 6.04 Å². The molecule has 0 aliphatic heterocycles. The standard InChI is InChI=1S/C17H19N3O4S/c1-11(21)15(17(23)20-24)19-16(22)13-7-8-14(18-9-13)25-10-12-5-3-2-4-6-12/h2-9,11,15,21,24H,10H2,1H3,(H,19,22)(H,20,23). The van der Waals surface area contributed by atoms with E-state index in [9.17, 15) is 14.7 Å². The van der Waals surface area contributed by atoms with Crippen LogP contribution in [0.4, 0.5) is 0 Å². The fourth-order valence-electron chi connectivity index (χ4n) is 2.03. The summed E-state index contributed by atoms with van der Waals surface area (Å²) in [6, 6.07) is 12.0. The molecule has 0 bridgehead atoms. The number of hydroxylamine groups is 1. The van der Waals surface area contributed by atoms with Gasteiger partial charge in [-0.25, -0.2) is 10.5 Å². The third kappa shape index (κ3) is 5.56. The molecule has 2 rings (SSSR count). The molecular weight excluding hydrogens is 342 g/mol. The Labute approximate surface area is 149 Å². The largest absolute Gasteiger partial charge is 0.391 e. The normalized spacial score (nSPS) is 12.9. The molecule has 0 aliphatic rings. The maximum absolute atomic E-state index is 12.1. The van der Waals surface area contributed by atoms with Crippen LogP contribution in [0.2, 0.25) is 0 Å². The summed E-state index contributed by atoms with van der Waals surface area (Å²) in [7, 11) is 0. The number of carbonyl (C=O) groups excluding carboxylic acids is 2. The number of rotatable bonds is 7. The number of amides is 2. The van der Waals surface area contributed by atoms with E-state index in [1.54, 1.807) is 23.9 Å². The molecular formula is C17H19N3O4S. The summed E-state index contributed by atoms with van der Waals surface area (Å²) in [5, 5.41) is 21.3. The van der Waals surface area contributed by atoms with Gasteiger partial charge in [-0.1, -0.05) is 30.3 Å². The number of carbonyl (C=O) groups is 2. The molecule has 0 aliphatic carbocycles. The molecule has 1 aromatic carbocycles. The summed E-state index contributed by atoms with van der Waals surface area (Å²) in [4.78, 5) is 27.8. The van der Waals surface area contributed by atoms with Crippen LogP contribution in [-0.4, -0.2) is 39.3 Å². The van der Waals surface area contributed by atoms with Crippen molar-refractivity contribution in [3.8, 4) is 0 Å². The summed E-state index contributed by atoms with van der Waals surface area (Å²) in [6.45, 7) is 1.34. The number of aliphatic hydroxyl groups is 1. The van der Waals surface area contributed by atoms with Gasteiger partial charge in [-0.2, -0.15) is 0 Å². The van der Waals surface area contributed by atoms with Crippen molar-refractivity contribution in [1.29, 1.82) is 0 Å². The fraction of sp³-hybridized carbons (Fsp3) is 0.235. The van der Waals surface area contributed by atoms with E-state index < -0.39 is 24.0 Å². The minimum absolute atomic E-state index is 0.250. The lowest BCUT2D eigenvalue weighted by atomic mass is 10.1. The Morgan fingerprint density at radius 1 is 1.20 bits per heavy atom. The number of benzene rings is 1. The minimum Gasteiger partial charge on any atom is -0.391 e. The second kappa shape index (κ2) is 9.16. The summed E-state index contributed by atoms with van der Waals surface area (Å²) < 4.78 is 0. The van der Waals surface area contributed by atoms with Crippen LogP contribution in [0.5, 0.6) is 0 Å². The van der Waals surface area contributed by atoms with Crippen LogP contribution in [0, 0.1) is 0 Å². The average Bonchev–Trinajstić information content (AvgIpc) is 2.64. The first kappa shape index (κ1) is 18.9. The van der Waals surface area contributed by atoms with Crippen molar-refractivity contribution in [2.24, 2.45) is 0 Å². The molecule has 1 heterocycles. The number of nitrogens with zero attached hydrogens (tertiary/aromatic N) is 1. The van der Waals surface area contributed by atoms with E-state index >= 15 is 0 Å². The first-order valence-electron chi connectivity index (χ1n) is 7.57. The van der Waals surface area contributed by atoms with Gasteiger partial charge in [0, 0.05) is 11.9 Å². The zero-order chi connectivity index (χ0) is 18.2. The predicted octanol–water partition coefficient (Wildman–Crippen LogP) is 1.36. The van der Waals surface area contributed by atoms with Crippen molar-refractivity contribution in [2.45, 2.75) is 29.8 Å². The van der Waals surface area contributed by atoms with Crippen molar-refractivity contribution in [2.75, 3.05) is 0 Å². The molecule has 0 fully saturated rings. The Hall–Kier alpha value is -2.42. The second-order valence-corrected chi connectivity index (χ2v) is 6.32. The van der Waals surface area contributed by atoms with Crippen LogP contribution in [0.1, 0.15) is 22.8 Å². The summed E-state index contributed by atoms with van der Waals surface area (Å²) in [6.07, 6.45) is 0.239. The zero-order valence-electron chi connectivity index (χ0n) is 13.5. The van der Waals surface area contributed by atoms with Gasteiger partial charge < -0.3 is 10.4 Å². The smallest absolute Gasteiger partial charge is 0.268 e. The zero-order valence-corrected chi connectivity index (χ0v) is 14.4. The molecule has 0 spiro atoms. The third-order valence-electron chi connectivity index (χ3n) is 3.39. The second-order valence-electron chi connectivity index (χ2n) is 5.33. The van der Waals surface area contributed by atoms with Gasteiger partial charge in [0.05, 0.1) is 16.7 Å². The maximum Gasteiger partial charge on any atom is 0.268 e. The highest BCUT2D eigenvalue weighted by Gasteiger charge is 2.25. The summed E-state index contributed by atoms with van der Waals surface area (Å²) in [5.41, 5.74) is 2.83. The summed E-state index contributed by atoms with van der Waals surface area (Å²) in [5.74, 6) is -0.701. The third-order valence-corrected chi connectivity index (χ3v) is 4.40. The monoisotopic (exact) mass is 361 g/mol. The number of aromatic nitrogens is 1. The number of thioether (sulfide) groups is 1. The summed E-state index contributed by atoms with van der Waals surface area (Å²) >= 11 is 1.54. The highest BCUT2D eigenvalue weighted by molar-refractivity contribution is 7.98. The quantitative estimate of drug-likeness (QED) is 0.337. The molecule has 0 saturated heterocycles. The lowest BCUT2D eigenvalue weighted by molar-refractivity contribution is -0.133. The van der Waals surface area contributed by atoms with E-state index in [0.717, 1.165) is 10.8 Å². The number of hydrogen-bond acceptors (Lipinski definition) is 6. The number of hydrogen-bond donors (Lipinski definition) is 4. The van der Waals surface area contributed by atoms with Crippen molar-refractivity contribution in [3.63, 3.8) is 0 Å². The van der Waals surface area contributed by atoms with Gasteiger partial charge in [-0.3, -0.25) is 14.8 Å². The molecule has 7 nitrogen and oxygen atoms in total. The number of aliphatic hydroxyl groups excluding tert-OH is 1. The number of pyridine rings is 1. The van der Waals surface area contributed by atoms with Crippen LogP contribution in [0.3, 0.4) is 0 Å². The molecule has 0 saturated carbocycles. The van der Waals surface area contributed by atoms with Gasteiger partial charge in [-0.15, -0.1) is 11.8 Å². The van der Waals surface area contributed by atoms with Crippen molar-refractivity contribution >= 4 is 23.6 Å². The lowest BCUT2D eigenvalue weighted by Crippen LogP contribution is -2.51. The Morgan fingerprint density at radius 2 is 1.92 bits per heavy atom. The molecule has 25 heavy (non-hydrogen) atoms. The van der Waals surface area contributed by atoms with E-state index in [2.05, 4.69) is 10.3 Å². The Bertz CT molecular complexity index is 708. The highest BCUT2D eigenvalue weighted by Crippen LogP contribution is 2.20. The van der Waals surface area contributed by atoms with E-state index in [1.165, 1.54) is 24.2 Å². The van der Waals surface area contributed by atoms with Gasteiger partial charge >= 0.3 is 0 Å². The van der Waals surface area contributed by atoms with Crippen LogP contribution >= 0.6 is 11.8 Å². The molecule has 4 N–H and O–H groups in total.